The van der Waals surface area contributed by atoms with Crippen LogP contribution in [0.2, 0.25) is 0 Å². The van der Waals surface area contributed by atoms with Crippen molar-refractivity contribution in [3.8, 4) is 5.75 Å². The van der Waals surface area contributed by atoms with Crippen LogP contribution in [0.3, 0.4) is 0 Å². The number of aromatic nitrogens is 1. The largest absolute Gasteiger partial charge is 0.505 e. The molecule has 5 nitrogen and oxygen atoms in total. The highest BCUT2D eigenvalue weighted by Crippen LogP contribution is 2.24. The van der Waals surface area contributed by atoms with Crippen LogP contribution in [0.1, 0.15) is 23.3 Å². The molecule has 1 aromatic heterocycles. The summed E-state index contributed by atoms with van der Waals surface area (Å²) in [4.78, 5) is 20.3. The normalized spacial score (nSPS) is 15.3. The lowest BCUT2D eigenvalue weighted by atomic mass is 10.0. The summed E-state index contributed by atoms with van der Waals surface area (Å²) in [5.74, 6) is -0.611. The van der Waals surface area contributed by atoms with Crippen molar-refractivity contribution in [2.45, 2.75) is 18.9 Å². The minimum Gasteiger partial charge on any atom is -0.505 e. The van der Waals surface area contributed by atoms with E-state index in [9.17, 15) is 14.3 Å². The smallest absolute Gasteiger partial charge is 0.276 e. The van der Waals surface area contributed by atoms with Gasteiger partial charge in [0.1, 0.15) is 11.6 Å². The fourth-order valence-electron chi connectivity index (χ4n) is 3.06. The van der Waals surface area contributed by atoms with Crippen LogP contribution in [0.5, 0.6) is 5.75 Å². The van der Waals surface area contributed by atoms with Gasteiger partial charge in [-0.05, 0) is 49.2 Å². The number of benzene rings is 1. The number of hydrogen-bond donors (Lipinski definition) is 1. The van der Waals surface area contributed by atoms with E-state index in [4.69, 9.17) is 0 Å². The lowest BCUT2D eigenvalue weighted by molar-refractivity contribution is 0.0700. The van der Waals surface area contributed by atoms with Gasteiger partial charge in [-0.2, -0.15) is 0 Å². The highest BCUT2D eigenvalue weighted by molar-refractivity contribution is 5.94. The van der Waals surface area contributed by atoms with Crippen molar-refractivity contribution in [2.24, 2.45) is 0 Å². The lowest BCUT2D eigenvalue weighted by Crippen LogP contribution is -2.45. The van der Waals surface area contributed by atoms with E-state index in [2.05, 4.69) is 9.88 Å². The number of carbonyl (C=O) groups excluding carboxylic acids is 1. The van der Waals surface area contributed by atoms with Crippen LogP contribution < -0.4 is 4.90 Å². The van der Waals surface area contributed by atoms with Gasteiger partial charge < -0.3 is 14.9 Å². The van der Waals surface area contributed by atoms with Crippen LogP contribution in [-0.2, 0) is 0 Å². The van der Waals surface area contributed by atoms with Crippen LogP contribution in [0, 0.1) is 5.82 Å². The van der Waals surface area contributed by atoms with E-state index in [-0.39, 0.29) is 29.2 Å². The first-order valence-electron chi connectivity index (χ1n) is 7.98. The van der Waals surface area contributed by atoms with Crippen LogP contribution in [0.25, 0.3) is 0 Å². The molecule has 1 N–H and O–H groups in total. The first-order valence-corrected chi connectivity index (χ1v) is 7.98. The highest BCUT2D eigenvalue weighted by Gasteiger charge is 2.27. The average Bonchev–Trinajstić information content (AvgIpc) is 2.62. The summed E-state index contributed by atoms with van der Waals surface area (Å²) in [6.45, 7) is 1.59. The first kappa shape index (κ1) is 16.2. The Labute approximate surface area is 140 Å². The maximum Gasteiger partial charge on any atom is 0.276 e. The van der Waals surface area contributed by atoms with Gasteiger partial charge in [0.25, 0.3) is 5.91 Å². The SMILES string of the molecule is CN(C(=O)c1ncccc1O)C1CCN(c2ccc(F)cc2)CC1. The van der Waals surface area contributed by atoms with Gasteiger partial charge in [0.15, 0.2) is 5.69 Å². The molecular weight excluding hydrogens is 309 g/mol. The predicted molar refractivity (Wildman–Crippen MR) is 89.6 cm³/mol. The third kappa shape index (κ3) is 3.32. The lowest BCUT2D eigenvalue weighted by Gasteiger charge is -2.37. The number of aromatic hydroxyl groups is 1. The zero-order valence-corrected chi connectivity index (χ0v) is 13.5. The van der Waals surface area contributed by atoms with E-state index < -0.39 is 0 Å². The van der Waals surface area contributed by atoms with E-state index in [0.29, 0.717) is 0 Å². The molecule has 0 atom stereocenters. The molecule has 1 amide bonds. The van der Waals surface area contributed by atoms with Crippen molar-refractivity contribution in [3.63, 3.8) is 0 Å². The average molecular weight is 329 g/mol. The van der Waals surface area contributed by atoms with Gasteiger partial charge >= 0.3 is 0 Å². The van der Waals surface area contributed by atoms with Gasteiger partial charge in [-0.15, -0.1) is 0 Å². The van der Waals surface area contributed by atoms with Crippen molar-refractivity contribution in [3.05, 3.63) is 54.1 Å². The van der Waals surface area contributed by atoms with Crippen molar-refractivity contribution in [1.29, 1.82) is 0 Å². The molecule has 0 saturated carbocycles. The number of halogens is 1. The van der Waals surface area contributed by atoms with Crippen molar-refractivity contribution in [2.75, 3.05) is 25.0 Å². The van der Waals surface area contributed by atoms with E-state index in [1.54, 1.807) is 30.1 Å². The van der Waals surface area contributed by atoms with Crippen LogP contribution in [-0.4, -0.2) is 47.1 Å². The van der Waals surface area contributed by atoms with Crippen LogP contribution in [0.4, 0.5) is 10.1 Å². The Balaban J connectivity index is 1.63. The Bertz CT molecular complexity index is 712. The van der Waals surface area contributed by atoms with Crippen LogP contribution in [0.15, 0.2) is 42.6 Å². The van der Waals surface area contributed by atoms with Crippen molar-refractivity contribution < 1.29 is 14.3 Å². The zero-order chi connectivity index (χ0) is 17.1. The third-order valence-corrected chi connectivity index (χ3v) is 4.51. The van der Waals surface area contributed by atoms with E-state index in [0.717, 1.165) is 31.6 Å². The van der Waals surface area contributed by atoms with E-state index in [1.807, 2.05) is 0 Å². The molecule has 1 saturated heterocycles. The molecule has 2 heterocycles. The minimum atomic E-state index is -0.270. The molecule has 3 rings (SSSR count). The summed E-state index contributed by atoms with van der Waals surface area (Å²) < 4.78 is 13.0. The quantitative estimate of drug-likeness (QED) is 0.941. The Hall–Kier alpha value is -2.63. The molecule has 2 aromatic rings. The third-order valence-electron chi connectivity index (χ3n) is 4.51. The van der Waals surface area contributed by atoms with Gasteiger partial charge in [-0.25, -0.2) is 9.37 Å². The fraction of sp³-hybridized carbons (Fsp3) is 0.333. The number of hydrogen-bond acceptors (Lipinski definition) is 4. The molecule has 0 bridgehead atoms. The van der Waals surface area contributed by atoms with Crippen molar-refractivity contribution in [1.82, 2.24) is 9.88 Å². The highest BCUT2D eigenvalue weighted by atomic mass is 19.1. The second kappa shape index (κ2) is 6.86. The van der Waals surface area contributed by atoms with Crippen molar-refractivity contribution >= 4 is 11.6 Å². The number of piperidine rings is 1. The van der Waals surface area contributed by atoms with Gasteiger partial charge in [0.05, 0.1) is 0 Å². The molecule has 1 aliphatic rings. The second-order valence-electron chi connectivity index (χ2n) is 5.98. The van der Waals surface area contributed by atoms with Gasteiger partial charge in [-0.1, -0.05) is 0 Å². The second-order valence-corrected chi connectivity index (χ2v) is 5.98. The van der Waals surface area contributed by atoms with Gasteiger partial charge in [0, 0.05) is 38.1 Å². The molecule has 126 valence electrons. The maximum absolute atomic E-state index is 13.0. The number of amides is 1. The predicted octanol–water partition coefficient (Wildman–Crippen LogP) is 2.67. The number of carbonyl (C=O) groups is 1. The molecule has 6 heteroatoms. The molecule has 0 spiro atoms. The van der Waals surface area contributed by atoms with Gasteiger partial charge in [-0.3, -0.25) is 4.79 Å². The molecule has 1 aromatic carbocycles. The standard InChI is InChI=1S/C18H20FN3O2/c1-21(18(24)17-16(23)3-2-10-20-17)14-8-11-22(12-9-14)15-6-4-13(19)5-7-15/h2-7,10,14,23H,8-9,11-12H2,1H3. The summed E-state index contributed by atoms with van der Waals surface area (Å²) in [7, 11) is 1.74. The molecule has 0 aliphatic carbocycles. The Morgan fingerprint density at radius 1 is 1.25 bits per heavy atom. The minimum absolute atomic E-state index is 0.0842. The number of rotatable bonds is 3. The maximum atomic E-state index is 13.0. The van der Waals surface area contributed by atoms with E-state index >= 15 is 0 Å². The molecule has 24 heavy (non-hydrogen) atoms. The Kier molecular flexibility index (Phi) is 4.64. The molecule has 0 radical (unpaired) electrons. The number of nitrogens with zero attached hydrogens (tertiary/aromatic N) is 3. The molecule has 1 aliphatic heterocycles. The Morgan fingerprint density at radius 3 is 2.54 bits per heavy atom. The monoisotopic (exact) mass is 329 g/mol. The Morgan fingerprint density at radius 2 is 1.92 bits per heavy atom. The number of anilines is 1. The summed E-state index contributed by atoms with van der Waals surface area (Å²) >= 11 is 0. The summed E-state index contributed by atoms with van der Waals surface area (Å²) in [6.07, 6.45) is 3.12. The summed E-state index contributed by atoms with van der Waals surface area (Å²) in [5, 5.41) is 9.79. The molecule has 1 fully saturated rings. The van der Waals surface area contributed by atoms with Gasteiger partial charge in [0.2, 0.25) is 0 Å². The molecule has 0 unspecified atom stereocenters. The first-order chi connectivity index (χ1) is 11.6. The van der Waals surface area contributed by atoms with Crippen LogP contribution >= 0.6 is 0 Å². The fourth-order valence-corrected chi connectivity index (χ4v) is 3.06. The number of pyridine rings is 1. The zero-order valence-electron chi connectivity index (χ0n) is 13.5. The summed E-state index contributed by atoms with van der Waals surface area (Å²) in [5.41, 5.74) is 1.08. The molecular formula is C18H20FN3O2. The van der Waals surface area contributed by atoms with E-state index in [1.165, 1.54) is 24.4 Å². The topological polar surface area (TPSA) is 56.7 Å². The summed E-state index contributed by atoms with van der Waals surface area (Å²) in [6, 6.07) is 9.61.